The Labute approximate surface area is 220 Å². The fourth-order valence-electron chi connectivity index (χ4n) is 5.14. The first kappa shape index (κ1) is 25.0. The zero-order chi connectivity index (χ0) is 27.5. The van der Waals surface area contributed by atoms with Gasteiger partial charge in [0, 0.05) is 24.3 Å². The molecule has 202 valence electrons. The normalized spacial score (nSPS) is 15.9. The summed E-state index contributed by atoms with van der Waals surface area (Å²) in [6.07, 6.45) is -2.17. The number of anilines is 2. The maximum absolute atomic E-state index is 13.1. The van der Waals surface area contributed by atoms with Crippen molar-refractivity contribution >= 4 is 28.3 Å². The maximum Gasteiger partial charge on any atom is 0.573 e. The number of rotatable bonds is 6. The number of nitrogen functional groups attached to an aromatic ring is 1. The number of nitrogens with zero attached hydrogens (tertiary/aromatic N) is 4. The summed E-state index contributed by atoms with van der Waals surface area (Å²) >= 11 is 0. The molecule has 1 amide bonds. The molecule has 3 heterocycles. The Morgan fingerprint density at radius 1 is 1.21 bits per heavy atom. The molecule has 1 aliphatic carbocycles. The van der Waals surface area contributed by atoms with Crippen LogP contribution in [0, 0.1) is 5.41 Å². The van der Waals surface area contributed by atoms with E-state index in [1.807, 2.05) is 18.2 Å². The van der Waals surface area contributed by atoms with Gasteiger partial charge in [0.25, 0.3) is 5.56 Å². The minimum absolute atomic E-state index is 0.0744. The topological polar surface area (TPSA) is 119 Å². The third kappa shape index (κ3) is 4.82. The average molecular weight is 539 g/mol. The molecule has 0 atom stereocenters. The highest BCUT2D eigenvalue weighted by molar-refractivity contribution is 6.01. The Hall–Kier alpha value is -4.35. The number of fused-ring (bicyclic) bond motifs is 2. The second-order valence-electron chi connectivity index (χ2n) is 10.5. The number of amides is 1. The molecule has 9 nitrogen and oxygen atoms in total. The fourth-order valence-corrected chi connectivity index (χ4v) is 5.14. The third-order valence-corrected chi connectivity index (χ3v) is 7.37. The van der Waals surface area contributed by atoms with Gasteiger partial charge in [0.15, 0.2) is 5.82 Å². The van der Waals surface area contributed by atoms with Crippen molar-refractivity contribution in [2.75, 3.05) is 17.2 Å². The SMILES string of the molecule is CC1(Cn2nc(-c3ccc4c(c3)CCN4C(=O)Cc3cccc(OC(F)(F)F)c3)c3c(N)n[nH]c(=O)c32)CC1. The van der Waals surface area contributed by atoms with E-state index < -0.39 is 6.36 Å². The lowest BCUT2D eigenvalue weighted by Gasteiger charge is -2.18. The monoisotopic (exact) mass is 538 g/mol. The van der Waals surface area contributed by atoms with E-state index in [1.165, 1.54) is 18.2 Å². The second kappa shape index (κ2) is 8.85. The number of H-pyrrole nitrogens is 1. The number of halogens is 3. The van der Waals surface area contributed by atoms with Crippen molar-refractivity contribution in [2.45, 2.75) is 45.5 Å². The predicted molar refractivity (Wildman–Crippen MR) is 138 cm³/mol. The quantitative estimate of drug-likeness (QED) is 0.380. The van der Waals surface area contributed by atoms with E-state index in [2.05, 4.69) is 21.9 Å². The van der Waals surface area contributed by atoms with Crippen LogP contribution in [-0.2, 0) is 24.2 Å². The lowest BCUT2D eigenvalue weighted by molar-refractivity contribution is -0.274. The number of alkyl halides is 3. The first-order chi connectivity index (χ1) is 18.5. The van der Waals surface area contributed by atoms with Crippen molar-refractivity contribution in [3.8, 4) is 17.0 Å². The van der Waals surface area contributed by atoms with Crippen molar-refractivity contribution in [1.29, 1.82) is 0 Å². The van der Waals surface area contributed by atoms with Gasteiger partial charge in [-0.1, -0.05) is 25.1 Å². The molecule has 6 rings (SSSR count). The number of nitrogens with one attached hydrogen (secondary N) is 1. The number of benzene rings is 2. The number of aromatic amines is 1. The first-order valence-corrected chi connectivity index (χ1v) is 12.5. The van der Waals surface area contributed by atoms with Gasteiger partial charge in [-0.3, -0.25) is 14.3 Å². The van der Waals surface area contributed by atoms with E-state index in [-0.39, 0.29) is 34.9 Å². The molecule has 12 heteroatoms. The molecular weight excluding hydrogens is 513 g/mol. The fraction of sp³-hybridized carbons (Fsp3) is 0.333. The van der Waals surface area contributed by atoms with E-state index in [9.17, 15) is 22.8 Å². The minimum Gasteiger partial charge on any atom is -0.406 e. The molecule has 0 bridgehead atoms. The van der Waals surface area contributed by atoms with Gasteiger partial charge in [0.1, 0.15) is 17.0 Å². The summed E-state index contributed by atoms with van der Waals surface area (Å²) in [5, 5.41) is 11.7. The van der Waals surface area contributed by atoms with Gasteiger partial charge in [-0.25, -0.2) is 5.10 Å². The number of ether oxygens (including phenoxy) is 1. The maximum atomic E-state index is 13.1. The Bertz CT molecular complexity index is 1670. The van der Waals surface area contributed by atoms with Gasteiger partial charge < -0.3 is 15.4 Å². The Balaban J connectivity index is 1.29. The summed E-state index contributed by atoms with van der Waals surface area (Å²) in [7, 11) is 0. The third-order valence-electron chi connectivity index (χ3n) is 7.37. The van der Waals surface area contributed by atoms with E-state index in [1.54, 1.807) is 15.6 Å². The zero-order valence-electron chi connectivity index (χ0n) is 21.0. The minimum atomic E-state index is -4.81. The lowest BCUT2D eigenvalue weighted by atomic mass is 10.0. The number of carbonyl (C=O) groups excluding carboxylic acids is 1. The average Bonchev–Trinajstić information content (AvgIpc) is 3.27. The molecule has 2 aromatic carbocycles. The number of nitrogens with two attached hydrogens (primary N) is 1. The molecule has 0 radical (unpaired) electrons. The van der Waals surface area contributed by atoms with Crippen molar-refractivity contribution in [2.24, 2.45) is 5.41 Å². The molecule has 3 N–H and O–H groups in total. The predicted octanol–water partition coefficient (Wildman–Crippen LogP) is 4.20. The molecule has 39 heavy (non-hydrogen) atoms. The van der Waals surface area contributed by atoms with Crippen molar-refractivity contribution in [3.63, 3.8) is 0 Å². The van der Waals surface area contributed by atoms with Crippen LogP contribution in [0.3, 0.4) is 0 Å². The first-order valence-electron chi connectivity index (χ1n) is 12.5. The van der Waals surface area contributed by atoms with Crippen molar-refractivity contribution < 1.29 is 22.7 Å². The molecule has 0 unspecified atom stereocenters. The van der Waals surface area contributed by atoms with Crippen LogP contribution < -0.4 is 20.9 Å². The van der Waals surface area contributed by atoms with E-state index in [0.717, 1.165) is 29.7 Å². The van der Waals surface area contributed by atoms with Crippen LogP contribution >= 0.6 is 0 Å². The van der Waals surface area contributed by atoms with Gasteiger partial charge in [-0.15, -0.1) is 13.2 Å². The largest absolute Gasteiger partial charge is 0.573 e. The number of hydrogen-bond acceptors (Lipinski definition) is 6. The van der Waals surface area contributed by atoms with Crippen LogP contribution in [0.4, 0.5) is 24.7 Å². The van der Waals surface area contributed by atoms with E-state index in [4.69, 9.17) is 10.8 Å². The molecule has 2 aliphatic rings. The molecule has 0 saturated heterocycles. The molecule has 2 aromatic heterocycles. The summed E-state index contributed by atoms with van der Waals surface area (Å²) in [6.45, 7) is 3.19. The van der Waals surface area contributed by atoms with E-state index >= 15 is 0 Å². The Kier molecular flexibility index (Phi) is 5.67. The second-order valence-corrected chi connectivity index (χ2v) is 10.5. The lowest BCUT2D eigenvalue weighted by Crippen LogP contribution is -2.30. The number of aromatic nitrogens is 4. The van der Waals surface area contributed by atoms with Crippen LogP contribution in [0.1, 0.15) is 30.9 Å². The van der Waals surface area contributed by atoms with E-state index in [0.29, 0.717) is 41.7 Å². The van der Waals surface area contributed by atoms with Gasteiger partial charge in [0.05, 0.1) is 11.8 Å². The van der Waals surface area contributed by atoms with Gasteiger partial charge in [0.2, 0.25) is 5.91 Å². The molecule has 1 saturated carbocycles. The molecule has 4 aromatic rings. The van der Waals surface area contributed by atoms with Gasteiger partial charge in [-0.05, 0) is 60.1 Å². The van der Waals surface area contributed by atoms with Crippen LogP contribution in [0.15, 0.2) is 47.3 Å². The highest BCUT2D eigenvalue weighted by atomic mass is 19.4. The highest BCUT2D eigenvalue weighted by Crippen LogP contribution is 2.47. The summed E-state index contributed by atoms with van der Waals surface area (Å²) in [5.41, 5.74) is 9.69. The Morgan fingerprint density at radius 2 is 2.00 bits per heavy atom. The number of carbonyl (C=O) groups is 1. The van der Waals surface area contributed by atoms with Crippen LogP contribution in [0.5, 0.6) is 5.75 Å². The summed E-state index contributed by atoms with van der Waals surface area (Å²) in [4.78, 5) is 27.4. The van der Waals surface area contributed by atoms with Crippen molar-refractivity contribution in [3.05, 3.63) is 63.9 Å². The molecular formula is C27H25F3N6O3. The number of hydrogen-bond donors (Lipinski definition) is 2. The summed E-state index contributed by atoms with van der Waals surface area (Å²) in [5.74, 6) is -0.423. The molecule has 1 aliphatic heterocycles. The van der Waals surface area contributed by atoms with Crippen LogP contribution in [0.25, 0.3) is 22.2 Å². The van der Waals surface area contributed by atoms with Crippen LogP contribution in [0.2, 0.25) is 0 Å². The summed E-state index contributed by atoms with van der Waals surface area (Å²) in [6, 6.07) is 11.0. The zero-order valence-corrected chi connectivity index (χ0v) is 21.0. The summed E-state index contributed by atoms with van der Waals surface area (Å²) < 4.78 is 43.4. The smallest absolute Gasteiger partial charge is 0.406 e. The Morgan fingerprint density at radius 3 is 2.74 bits per heavy atom. The molecule has 1 fully saturated rings. The van der Waals surface area contributed by atoms with Crippen LogP contribution in [-0.4, -0.2) is 38.8 Å². The van der Waals surface area contributed by atoms with Gasteiger partial charge in [-0.2, -0.15) is 10.2 Å². The standard InChI is InChI=1S/C27H25F3N6O3/c1-26(8-9-26)14-36-23-21(24(31)32-33-25(23)38)22(34-36)17-5-6-19-16(13-17)7-10-35(19)20(37)12-15-3-2-4-18(11-15)39-27(28,29)30/h2-6,11,13H,7-10,12,14H2,1H3,(H2,31,32)(H,33,38). The highest BCUT2D eigenvalue weighted by Gasteiger charge is 2.39. The van der Waals surface area contributed by atoms with Crippen molar-refractivity contribution in [1.82, 2.24) is 20.0 Å². The van der Waals surface area contributed by atoms with Gasteiger partial charge >= 0.3 is 6.36 Å². The molecule has 0 spiro atoms.